The fourth-order valence-electron chi connectivity index (χ4n) is 10.5. The van der Waals surface area contributed by atoms with Crippen LogP contribution in [0.1, 0.15) is 113 Å². The van der Waals surface area contributed by atoms with Gasteiger partial charge in [-0.1, -0.05) is 60.1 Å². The highest BCUT2D eigenvalue weighted by atomic mass is 16.3. The van der Waals surface area contributed by atoms with Gasteiger partial charge >= 0.3 is 0 Å². The fraction of sp³-hybridized carbons (Fsp3) is 0.933. The molecule has 5 aliphatic rings. The second-order valence-corrected chi connectivity index (χ2v) is 15.1. The molecule has 1 unspecified atom stereocenters. The molecule has 0 aliphatic heterocycles. The van der Waals surface area contributed by atoms with Crippen molar-refractivity contribution < 1.29 is 10.2 Å². The van der Waals surface area contributed by atoms with Gasteiger partial charge < -0.3 is 10.2 Å². The van der Waals surface area contributed by atoms with Crippen LogP contribution in [-0.4, -0.2) is 22.9 Å². The minimum atomic E-state index is -0.361. The summed E-state index contributed by atoms with van der Waals surface area (Å²) in [7, 11) is 0. The van der Waals surface area contributed by atoms with Crippen LogP contribution in [0.15, 0.2) is 11.6 Å². The first-order valence-electron chi connectivity index (χ1n) is 13.8. The second kappa shape index (κ2) is 6.87. The first-order valence-corrected chi connectivity index (χ1v) is 13.8. The van der Waals surface area contributed by atoms with Gasteiger partial charge in [-0.05, 0) is 109 Å². The predicted molar refractivity (Wildman–Crippen MR) is 132 cm³/mol. The van der Waals surface area contributed by atoms with Gasteiger partial charge in [-0.25, -0.2) is 0 Å². The molecule has 9 atom stereocenters. The summed E-state index contributed by atoms with van der Waals surface area (Å²) in [5.41, 5.74) is 3.28. The molecule has 0 spiro atoms. The Morgan fingerprint density at radius 2 is 1.53 bits per heavy atom. The van der Waals surface area contributed by atoms with Gasteiger partial charge in [0.2, 0.25) is 0 Å². The SMILES string of the molecule is CC1(C)CC[C@]2(C)CC[C@]3(C)C(=CC[C@@H]4[C@@]5(C)CC[C@H](O)[C@@](C)(CO)C5CC[C@]43C)[C@H]2C1. The quantitative estimate of drug-likeness (QED) is 0.424. The Kier molecular flexibility index (Phi) is 5.02. The number of aliphatic hydroxyl groups excluding tert-OH is 2. The highest BCUT2D eigenvalue weighted by Gasteiger charge is 2.68. The number of hydrogen-bond acceptors (Lipinski definition) is 2. The minimum absolute atomic E-state index is 0.117. The van der Waals surface area contributed by atoms with E-state index >= 15 is 0 Å². The average molecular weight is 443 g/mol. The van der Waals surface area contributed by atoms with E-state index in [-0.39, 0.29) is 23.5 Å². The van der Waals surface area contributed by atoms with Gasteiger partial charge in [-0.2, -0.15) is 0 Å². The van der Waals surface area contributed by atoms with Gasteiger partial charge in [0.1, 0.15) is 0 Å². The lowest BCUT2D eigenvalue weighted by molar-refractivity contribution is -0.215. The fourth-order valence-corrected chi connectivity index (χ4v) is 10.5. The monoisotopic (exact) mass is 442 g/mol. The molecule has 2 N–H and O–H groups in total. The van der Waals surface area contributed by atoms with Crippen molar-refractivity contribution in [2.75, 3.05) is 6.61 Å². The zero-order valence-electron chi connectivity index (χ0n) is 22.1. The molecule has 0 radical (unpaired) electrons. The van der Waals surface area contributed by atoms with Crippen LogP contribution in [0.4, 0.5) is 0 Å². The molecule has 0 bridgehead atoms. The van der Waals surface area contributed by atoms with Crippen LogP contribution in [0.5, 0.6) is 0 Å². The number of hydrogen-bond donors (Lipinski definition) is 2. The Morgan fingerprint density at radius 3 is 2.22 bits per heavy atom. The maximum absolute atomic E-state index is 10.9. The molecule has 0 aromatic rings. The molecule has 4 fully saturated rings. The summed E-state index contributed by atoms with van der Waals surface area (Å²) in [5, 5.41) is 21.3. The van der Waals surface area contributed by atoms with Crippen molar-refractivity contribution in [2.45, 2.75) is 119 Å². The van der Waals surface area contributed by atoms with Gasteiger partial charge in [0.15, 0.2) is 0 Å². The molecule has 0 saturated heterocycles. The van der Waals surface area contributed by atoms with Gasteiger partial charge in [0.05, 0.1) is 12.7 Å². The normalized spacial score (nSPS) is 56.8. The summed E-state index contributed by atoms with van der Waals surface area (Å²) >= 11 is 0. The molecule has 5 rings (SSSR count). The Bertz CT molecular complexity index is 814. The van der Waals surface area contributed by atoms with Crippen LogP contribution < -0.4 is 0 Å². The molecule has 32 heavy (non-hydrogen) atoms. The van der Waals surface area contributed by atoms with E-state index in [1.807, 2.05) is 5.57 Å². The molecule has 0 amide bonds. The summed E-state index contributed by atoms with van der Waals surface area (Å²) in [4.78, 5) is 0. The molecule has 0 aromatic heterocycles. The van der Waals surface area contributed by atoms with Crippen molar-refractivity contribution >= 4 is 0 Å². The standard InChI is InChI=1S/C30H50O2/c1-25(2)14-15-26(3)16-17-29(6)20(21(26)18-25)8-9-23-27(4)12-11-24(32)28(5,19-31)22(27)10-13-30(23,29)7/h8,21-24,31-32H,9-19H2,1-7H3/t21-,22?,23-,24+,26-,27+,28+,29-,30-/m1/s1. The van der Waals surface area contributed by atoms with Crippen molar-refractivity contribution in [3.05, 3.63) is 11.6 Å². The van der Waals surface area contributed by atoms with Crippen LogP contribution in [0.2, 0.25) is 0 Å². The van der Waals surface area contributed by atoms with E-state index < -0.39 is 0 Å². The maximum Gasteiger partial charge on any atom is 0.0618 e. The maximum atomic E-state index is 10.9. The van der Waals surface area contributed by atoms with E-state index in [4.69, 9.17) is 0 Å². The topological polar surface area (TPSA) is 40.5 Å². The second-order valence-electron chi connectivity index (χ2n) is 15.1. The van der Waals surface area contributed by atoms with Crippen LogP contribution in [0, 0.1) is 50.2 Å². The summed E-state index contributed by atoms with van der Waals surface area (Å²) in [6.07, 6.45) is 14.8. The Balaban J connectivity index is 1.57. The van der Waals surface area contributed by atoms with Crippen LogP contribution in [-0.2, 0) is 0 Å². The third-order valence-electron chi connectivity index (χ3n) is 13.2. The minimum Gasteiger partial charge on any atom is -0.396 e. The third kappa shape index (κ3) is 2.78. The van der Waals surface area contributed by atoms with E-state index in [9.17, 15) is 10.2 Å². The summed E-state index contributed by atoms with van der Waals surface area (Å²) in [6, 6.07) is 0. The van der Waals surface area contributed by atoms with Crippen LogP contribution in [0.25, 0.3) is 0 Å². The van der Waals surface area contributed by atoms with Gasteiger partial charge in [0.25, 0.3) is 0 Å². The summed E-state index contributed by atoms with van der Waals surface area (Å²) in [6.45, 7) is 17.7. The van der Waals surface area contributed by atoms with Crippen molar-refractivity contribution in [1.29, 1.82) is 0 Å². The smallest absolute Gasteiger partial charge is 0.0618 e. The number of rotatable bonds is 1. The van der Waals surface area contributed by atoms with Gasteiger partial charge in [-0.15, -0.1) is 0 Å². The predicted octanol–water partition coefficient (Wildman–Crippen LogP) is 7.14. The van der Waals surface area contributed by atoms with E-state index in [0.29, 0.717) is 33.5 Å². The molecule has 0 heterocycles. The Morgan fingerprint density at radius 1 is 0.844 bits per heavy atom. The molecule has 4 saturated carbocycles. The van der Waals surface area contributed by atoms with Crippen molar-refractivity contribution in [2.24, 2.45) is 50.2 Å². The van der Waals surface area contributed by atoms with Crippen molar-refractivity contribution in [3.63, 3.8) is 0 Å². The lowest BCUT2D eigenvalue weighted by Gasteiger charge is -2.71. The molecule has 2 nitrogen and oxygen atoms in total. The Labute approximate surface area is 197 Å². The number of allylic oxidation sites excluding steroid dienone is 2. The lowest BCUT2D eigenvalue weighted by atomic mass is 9.33. The summed E-state index contributed by atoms with van der Waals surface area (Å²) < 4.78 is 0. The van der Waals surface area contributed by atoms with Crippen LogP contribution >= 0.6 is 0 Å². The van der Waals surface area contributed by atoms with E-state index in [1.165, 1.54) is 44.9 Å². The van der Waals surface area contributed by atoms with Crippen molar-refractivity contribution in [3.8, 4) is 0 Å². The van der Waals surface area contributed by atoms with E-state index in [1.54, 1.807) is 0 Å². The van der Waals surface area contributed by atoms with E-state index in [0.717, 1.165) is 25.2 Å². The van der Waals surface area contributed by atoms with Crippen molar-refractivity contribution in [1.82, 2.24) is 0 Å². The molecular formula is C30H50O2. The highest BCUT2D eigenvalue weighted by molar-refractivity contribution is 5.33. The zero-order valence-corrected chi connectivity index (χ0v) is 22.1. The zero-order chi connectivity index (χ0) is 23.4. The van der Waals surface area contributed by atoms with Crippen LogP contribution in [0.3, 0.4) is 0 Å². The molecule has 2 heteroatoms. The van der Waals surface area contributed by atoms with Gasteiger partial charge in [-0.3, -0.25) is 0 Å². The number of aliphatic hydroxyl groups is 2. The lowest BCUT2D eigenvalue weighted by Crippen LogP contribution is -2.65. The molecule has 0 aromatic carbocycles. The Hall–Kier alpha value is -0.340. The van der Waals surface area contributed by atoms with E-state index in [2.05, 4.69) is 54.5 Å². The highest BCUT2D eigenvalue weighted by Crippen LogP contribution is 2.75. The average Bonchev–Trinajstić information content (AvgIpc) is 2.73. The number of fused-ring (bicyclic) bond motifs is 7. The molecular weight excluding hydrogens is 392 g/mol. The first-order chi connectivity index (χ1) is 14.8. The first kappa shape index (κ1) is 23.4. The summed E-state index contributed by atoms with van der Waals surface area (Å²) in [5.74, 6) is 1.83. The third-order valence-corrected chi connectivity index (χ3v) is 13.2. The van der Waals surface area contributed by atoms with Gasteiger partial charge in [0, 0.05) is 5.41 Å². The largest absolute Gasteiger partial charge is 0.396 e. The molecule has 182 valence electrons. The molecule has 5 aliphatic carbocycles.